The summed E-state index contributed by atoms with van der Waals surface area (Å²) in [5, 5.41) is 11.6. The molecular formula is C12H16N2O2. The van der Waals surface area contributed by atoms with Crippen LogP contribution in [-0.2, 0) is 4.79 Å². The maximum absolute atomic E-state index is 11.4. The SMILES string of the molecule is CC[C@@H](CO)NC(=O)/C=C/c1cccnc1. The minimum absolute atomic E-state index is 0.0387. The van der Waals surface area contributed by atoms with Crippen molar-refractivity contribution in [3.05, 3.63) is 36.2 Å². The monoisotopic (exact) mass is 220 g/mol. The zero-order chi connectivity index (χ0) is 11.8. The molecule has 86 valence electrons. The first-order chi connectivity index (χ1) is 7.76. The summed E-state index contributed by atoms with van der Waals surface area (Å²) in [4.78, 5) is 15.3. The first-order valence-electron chi connectivity index (χ1n) is 5.25. The maximum Gasteiger partial charge on any atom is 0.244 e. The fourth-order valence-corrected chi connectivity index (χ4v) is 1.17. The number of hydrogen-bond acceptors (Lipinski definition) is 3. The Labute approximate surface area is 95.0 Å². The van der Waals surface area contributed by atoms with Crippen molar-refractivity contribution >= 4 is 12.0 Å². The van der Waals surface area contributed by atoms with Crippen molar-refractivity contribution in [3.8, 4) is 0 Å². The second-order valence-corrected chi connectivity index (χ2v) is 3.42. The molecule has 1 atom stereocenters. The second kappa shape index (κ2) is 6.74. The van der Waals surface area contributed by atoms with Crippen LogP contribution in [0.15, 0.2) is 30.6 Å². The molecule has 0 aromatic carbocycles. The molecule has 1 amide bonds. The molecule has 0 aliphatic rings. The summed E-state index contributed by atoms with van der Waals surface area (Å²) in [6, 6.07) is 3.49. The summed E-state index contributed by atoms with van der Waals surface area (Å²) in [5.41, 5.74) is 0.870. The van der Waals surface area contributed by atoms with Crippen molar-refractivity contribution in [2.24, 2.45) is 0 Å². The van der Waals surface area contributed by atoms with Crippen LogP contribution in [0.2, 0.25) is 0 Å². The van der Waals surface area contributed by atoms with Crippen molar-refractivity contribution in [2.45, 2.75) is 19.4 Å². The Morgan fingerprint density at radius 3 is 3.06 bits per heavy atom. The van der Waals surface area contributed by atoms with E-state index in [9.17, 15) is 4.79 Å². The molecule has 4 heteroatoms. The number of hydrogen-bond donors (Lipinski definition) is 2. The lowest BCUT2D eigenvalue weighted by Gasteiger charge is -2.11. The largest absolute Gasteiger partial charge is 0.394 e. The number of aliphatic hydroxyl groups is 1. The van der Waals surface area contributed by atoms with Crippen LogP contribution in [0.25, 0.3) is 6.08 Å². The van der Waals surface area contributed by atoms with Crippen LogP contribution in [-0.4, -0.2) is 28.6 Å². The van der Waals surface area contributed by atoms with Gasteiger partial charge in [0.1, 0.15) is 0 Å². The molecule has 0 fully saturated rings. The van der Waals surface area contributed by atoms with Crippen molar-refractivity contribution < 1.29 is 9.90 Å². The number of nitrogens with one attached hydrogen (secondary N) is 1. The van der Waals surface area contributed by atoms with E-state index in [1.54, 1.807) is 24.5 Å². The van der Waals surface area contributed by atoms with Gasteiger partial charge in [0, 0.05) is 18.5 Å². The molecule has 0 saturated heterocycles. The Morgan fingerprint density at radius 1 is 1.69 bits per heavy atom. The van der Waals surface area contributed by atoms with Gasteiger partial charge in [0.2, 0.25) is 5.91 Å². The highest BCUT2D eigenvalue weighted by Gasteiger charge is 2.05. The Kier molecular flexibility index (Phi) is 5.22. The fourth-order valence-electron chi connectivity index (χ4n) is 1.17. The minimum atomic E-state index is -0.204. The van der Waals surface area contributed by atoms with E-state index in [-0.39, 0.29) is 18.6 Å². The van der Waals surface area contributed by atoms with E-state index >= 15 is 0 Å². The third-order valence-electron chi connectivity index (χ3n) is 2.17. The molecule has 0 unspecified atom stereocenters. The predicted octanol–water partition coefficient (Wildman–Crippen LogP) is 0.982. The van der Waals surface area contributed by atoms with E-state index in [2.05, 4.69) is 10.3 Å². The summed E-state index contributed by atoms with van der Waals surface area (Å²) >= 11 is 0. The van der Waals surface area contributed by atoms with Gasteiger partial charge < -0.3 is 10.4 Å². The van der Waals surface area contributed by atoms with Gasteiger partial charge in [-0.2, -0.15) is 0 Å². The number of aliphatic hydroxyl groups excluding tert-OH is 1. The highest BCUT2D eigenvalue weighted by molar-refractivity contribution is 5.91. The van der Waals surface area contributed by atoms with Crippen LogP contribution in [0.5, 0.6) is 0 Å². The molecule has 1 heterocycles. The van der Waals surface area contributed by atoms with Crippen molar-refractivity contribution in [3.63, 3.8) is 0 Å². The van der Waals surface area contributed by atoms with Crippen LogP contribution in [0.4, 0.5) is 0 Å². The predicted molar refractivity (Wildman–Crippen MR) is 62.6 cm³/mol. The molecule has 0 aliphatic carbocycles. The van der Waals surface area contributed by atoms with E-state index < -0.39 is 0 Å². The topological polar surface area (TPSA) is 62.2 Å². The van der Waals surface area contributed by atoms with Crippen molar-refractivity contribution in [1.82, 2.24) is 10.3 Å². The Hall–Kier alpha value is -1.68. The first-order valence-corrected chi connectivity index (χ1v) is 5.25. The van der Waals surface area contributed by atoms with Crippen LogP contribution < -0.4 is 5.32 Å². The van der Waals surface area contributed by atoms with Crippen molar-refractivity contribution in [2.75, 3.05) is 6.61 Å². The van der Waals surface area contributed by atoms with Gasteiger partial charge in [0.15, 0.2) is 0 Å². The van der Waals surface area contributed by atoms with Crippen LogP contribution in [0.3, 0.4) is 0 Å². The average molecular weight is 220 g/mol. The minimum Gasteiger partial charge on any atom is -0.394 e. The number of pyridine rings is 1. The standard InChI is InChI=1S/C12H16N2O2/c1-2-11(9-15)14-12(16)6-5-10-4-3-7-13-8-10/h3-8,11,15H,2,9H2,1H3,(H,14,16)/b6-5+/t11-/m0/s1. The van der Waals surface area contributed by atoms with Crippen LogP contribution >= 0.6 is 0 Å². The van der Waals surface area contributed by atoms with Gasteiger partial charge in [0.05, 0.1) is 12.6 Å². The van der Waals surface area contributed by atoms with E-state index in [0.717, 1.165) is 5.56 Å². The Balaban J connectivity index is 2.48. The number of carbonyl (C=O) groups is 1. The highest BCUT2D eigenvalue weighted by atomic mass is 16.3. The zero-order valence-electron chi connectivity index (χ0n) is 9.26. The molecule has 1 rings (SSSR count). The van der Waals surface area contributed by atoms with Crippen molar-refractivity contribution in [1.29, 1.82) is 0 Å². The summed E-state index contributed by atoms with van der Waals surface area (Å²) in [7, 11) is 0. The lowest BCUT2D eigenvalue weighted by molar-refractivity contribution is -0.117. The van der Waals surface area contributed by atoms with Gasteiger partial charge in [-0.05, 0) is 24.1 Å². The normalized spacial score (nSPS) is 12.6. The first kappa shape index (κ1) is 12.4. The molecule has 0 radical (unpaired) electrons. The van der Waals surface area contributed by atoms with Gasteiger partial charge in [-0.3, -0.25) is 9.78 Å². The summed E-state index contributed by atoms with van der Waals surface area (Å²) in [6.45, 7) is 1.87. The third-order valence-corrected chi connectivity index (χ3v) is 2.17. The second-order valence-electron chi connectivity index (χ2n) is 3.42. The molecule has 4 nitrogen and oxygen atoms in total. The number of nitrogens with zero attached hydrogens (tertiary/aromatic N) is 1. The molecule has 0 aliphatic heterocycles. The van der Waals surface area contributed by atoms with E-state index in [1.807, 2.05) is 13.0 Å². The fraction of sp³-hybridized carbons (Fsp3) is 0.333. The number of carbonyl (C=O) groups excluding carboxylic acids is 1. The molecule has 1 aromatic heterocycles. The van der Waals surface area contributed by atoms with Gasteiger partial charge >= 0.3 is 0 Å². The molecule has 16 heavy (non-hydrogen) atoms. The number of aromatic nitrogens is 1. The zero-order valence-corrected chi connectivity index (χ0v) is 9.26. The molecular weight excluding hydrogens is 204 g/mol. The Morgan fingerprint density at radius 2 is 2.50 bits per heavy atom. The van der Waals surface area contributed by atoms with Gasteiger partial charge in [0.25, 0.3) is 0 Å². The number of amides is 1. The number of rotatable bonds is 5. The summed E-state index contributed by atoms with van der Waals surface area (Å²) in [5.74, 6) is -0.204. The van der Waals surface area contributed by atoms with Gasteiger partial charge in [-0.25, -0.2) is 0 Å². The van der Waals surface area contributed by atoms with E-state index in [4.69, 9.17) is 5.11 Å². The van der Waals surface area contributed by atoms with E-state index in [0.29, 0.717) is 6.42 Å². The van der Waals surface area contributed by atoms with Crippen LogP contribution in [0, 0.1) is 0 Å². The van der Waals surface area contributed by atoms with E-state index in [1.165, 1.54) is 6.08 Å². The molecule has 1 aromatic rings. The van der Waals surface area contributed by atoms with Gasteiger partial charge in [-0.1, -0.05) is 13.0 Å². The highest BCUT2D eigenvalue weighted by Crippen LogP contribution is 1.98. The average Bonchev–Trinajstić information content (AvgIpc) is 2.34. The lowest BCUT2D eigenvalue weighted by atomic mass is 10.2. The molecule has 0 saturated carbocycles. The maximum atomic E-state index is 11.4. The molecule has 2 N–H and O–H groups in total. The molecule has 0 bridgehead atoms. The molecule has 0 spiro atoms. The third kappa shape index (κ3) is 4.23. The lowest BCUT2D eigenvalue weighted by Crippen LogP contribution is -2.35. The smallest absolute Gasteiger partial charge is 0.244 e. The summed E-state index contributed by atoms with van der Waals surface area (Å²) < 4.78 is 0. The van der Waals surface area contributed by atoms with Crippen LogP contribution in [0.1, 0.15) is 18.9 Å². The Bertz CT molecular complexity index is 345. The quantitative estimate of drug-likeness (QED) is 0.727. The van der Waals surface area contributed by atoms with Gasteiger partial charge in [-0.15, -0.1) is 0 Å². The summed E-state index contributed by atoms with van der Waals surface area (Å²) in [6.07, 6.45) is 7.19.